The molecule has 1 nitrogen and oxygen atoms in total. The molecule has 2 N–H and O–H groups in total. The Labute approximate surface area is 116 Å². The van der Waals surface area contributed by atoms with Crippen molar-refractivity contribution < 1.29 is 104 Å². The van der Waals surface area contributed by atoms with Gasteiger partial charge in [-0.3, -0.25) is 0 Å². The van der Waals surface area contributed by atoms with Crippen LogP contribution in [0.15, 0.2) is 0 Å². The molecule has 33 valence electrons. The summed E-state index contributed by atoms with van der Waals surface area (Å²) in [5.74, 6) is 0. The minimum Gasteiger partial charge on any atom is -0.412 e. The van der Waals surface area contributed by atoms with Crippen molar-refractivity contribution in [2.24, 2.45) is 0 Å². The normalized spacial score (nSPS) is 0. The Morgan fingerprint density at radius 2 is 0.500 bits per heavy atom. The van der Waals surface area contributed by atoms with Gasteiger partial charge in [0.1, 0.15) is 0 Å². The van der Waals surface area contributed by atoms with Gasteiger partial charge in [-0.25, -0.2) is 0 Å². The molecular formula is C2H8OY3-2. The molecule has 0 aromatic heterocycles. The second-order valence-corrected chi connectivity index (χ2v) is 0. The summed E-state index contributed by atoms with van der Waals surface area (Å²) in [6.07, 6.45) is 0. The molecule has 0 saturated heterocycles. The van der Waals surface area contributed by atoms with Gasteiger partial charge in [-0.1, -0.05) is 0 Å². The molecular weight excluding hydrogens is 307 g/mol. The third-order valence-corrected chi connectivity index (χ3v) is 0. The molecule has 0 unspecified atom stereocenters. The van der Waals surface area contributed by atoms with Gasteiger partial charge >= 0.3 is 0 Å². The van der Waals surface area contributed by atoms with Gasteiger partial charge < -0.3 is 20.3 Å². The van der Waals surface area contributed by atoms with Crippen LogP contribution < -0.4 is 0 Å². The Morgan fingerprint density at radius 1 is 0.500 bits per heavy atom. The first-order valence-corrected chi connectivity index (χ1v) is 0. The van der Waals surface area contributed by atoms with Crippen LogP contribution in [-0.2, 0) is 98.1 Å². The molecule has 0 saturated carbocycles. The molecule has 0 aliphatic heterocycles. The van der Waals surface area contributed by atoms with Crippen molar-refractivity contribution in [2.75, 3.05) is 0 Å². The van der Waals surface area contributed by atoms with Gasteiger partial charge in [0, 0.05) is 98.1 Å². The quantitative estimate of drug-likeness (QED) is 0.567. The summed E-state index contributed by atoms with van der Waals surface area (Å²) in [6, 6.07) is 0. The van der Waals surface area contributed by atoms with E-state index >= 15 is 0 Å². The number of hydrogen-bond acceptors (Lipinski definition) is 0. The van der Waals surface area contributed by atoms with Crippen LogP contribution in [0, 0.1) is 14.9 Å². The van der Waals surface area contributed by atoms with E-state index in [4.69, 9.17) is 0 Å². The zero-order chi connectivity index (χ0) is 0. The Kier molecular flexibility index (Phi) is 404. The van der Waals surface area contributed by atoms with Crippen molar-refractivity contribution in [3.63, 3.8) is 0 Å². The molecule has 0 atom stereocenters. The minimum absolute atomic E-state index is 0. The molecule has 0 amide bonds. The van der Waals surface area contributed by atoms with Crippen LogP contribution in [0.1, 0.15) is 0 Å². The summed E-state index contributed by atoms with van der Waals surface area (Å²) < 4.78 is 0. The van der Waals surface area contributed by atoms with Gasteiger partial charge in [0.25, 0.3) is 0 Å². The fourth-order valence-corrected chi connectivity index (χ4v) is 0. The minimum atomic E-state index is 0. The molecule has 6 heavy (non-hydrogen) atoms. The van der Waals surface area contributed by atoms with E-state index in [1.165, 1.54) is 0 Å². The molecule has 0 aliphatic rings. The smallest absolute Gasteiger partial charge is 0 e. The molecule has 0 rings (SSSR count). The average Bonchev–Trinajstić information content (AvgIpc) is 0. The predicted octanol–water partition coefficient (Wildman–Crippen LogP) is 0.0684. The molecule has 0 spiro atoms. The van der Waals surface area contributed by atoms with Gasteiger partial charge in [0.05, 0.1) is 0 Å². The Bertz CT molecular complexity index is 8.75. The summed E-state index contributed by atoms with van der Waals surface area (Å²) in [5, 5.41) is 0. The fourth-order valence-electron chi connectivity index (χ4n) is 0. The van der Waals surface area contributed by atoms with Crippen LogP contribution in [0.25, 0.3) is 0 Å². The van der Waals surface area contributed by atoms with E-state index in [1.807, 2.05) is 0 Å². The maximum atomic E-state index is 0. The van der Waals surface area contributed by atoms with Crippen LogP contribution in [0.2, 0.25) is 0 Å². The first-order valence-electron chi connectivity index (χ1n) is 0. The van der Waals surface area contributed by atoms with Gasteiger partial charge in [-0.05, 0) is 0 Å². The van der Waals surface area contributed by atoms with Crippen molar-refractivity contribution >= 4 is 0 Å². The number of hydrogen-bond donors (Lipinski definition) is 0. The zero-order valence-corrected chi connectivity index (χ0v) is 12.7. The van der Waals surface area contributed by atoms with Gasteiger partial charge in [-0.15, -0.1) is 0 Å². The maximum Gasteiger partial charge on any atom is 0 e. The fraction of sp³-hybridized carbons (Fsp3) is 0. The van der Waals surface area contributed by atoms with Crippen molar-refractivity contribution in [2.45, 2.75) is 0 Å². The Morgan fingerprint density at radius 3 is 0.500 bits per heavy atom. The van der Waals surface area contributed by atoms with Crippen LogP contribution in [0.4, 0.5) is 0 Å². The Hall–Kier alpha value is 3.27. The monoisotopic (exact) mass is 315 g/mol. The second kappa shape index (κ2) is 40.9. The first kappa shape index (κ1) is 59.3. The van der Waals surface area contributed by atoms with E-state index in [0.717, 1.165) is 0 Å². The standard InChI is InChI=1S/2CH3.H2O.3Y/h2*1H3;1H2;;;/q2*-1;;;;. The van der Waals surface area contributed by atoms with Gasteiger partial charge in [-0.2, -0.15) is 0 Å². The van der Waals surface area contributed by atoms with E-state index in [-0.39, 0.29) is 118 Å². The third kappa shape index (κ3) is 26.7. The van der Waals surface area contributed by atoms with Crippen molar-refractivity contribution in [1.29, 1.82) is 0 Å². The summed E-state index contributed by atoms with van der Waals surface area (Å²) in [6.45, 7) is 0. The zero-order valence-electron chi connectivity index (χ0n) is 4.23. The molecule has 0 aromatic carbocycles. The molecule has 0 aliphatic carbocycles. The van der Waals surface area contributed by atoms with E-state index in [9.17, 15) is 0 Å². The average molecular weight is 315 g/mol. The molecule has 0 bridgehead atoms. The summed E-state index contributed by atoms with van der Waals surface area (Å²) in [4.78, 5) is 0. The summed E-state index contributed by atoms with van der Waals surface area (Å²) in [7, 11) is 0. The molecule has 4 heteroatoms. The molecule has 0 aromatic rings. The van der Waals surface area contributed by atoms with E-state index in [1.54, 1.807) is 0 Å². The molecule has 0 fully saturated rings. The van der Waals surface area contributed by atoms with Crippen LogP contribution in [0.3, 0.4) is 0 Å². The molecule has 3 radical (unpaired) electrons. The first-order chi connectivity index (χ1) is 0. The van der Waals surface area contributed by atoms with E-state index in [0.29, 0.717) is 0 Å². The topological polar surface area (TPSA) is 31.5 Å². The van der Waals surface area contributed by atoms with Gasteiger partial charge in [0.2, 0.25) is 0 Å². The van der Waals surface area contributed by atoms with Gasteiger partial charge in [0.15, 0.2) is 0 Å². The summed E-state index contributed by atoms with van der Waals surface area (Å²) in [5.41, 5.74) is 0. The van der Waals surface area contributed by atoms with E-state index < -0.39 is 0 Å². The largest absolute Gasteiger partial charge is 0.412 e. The second-order valence-electron chi connectivity index (χ2n) is 0. The maximum absolute atomic E-state index is 0. The van der Waals surface area contributed by atoms with Crippen molar-refractivity contribution in [3.8, 4) is 0 Å². The molecule has 0 heterocycles. The Balaban J connectivity index is 0. The van der Waals surface area contributed by atoms with Crippen LogP contribution in [0.5, 0.6) is 0 Å². The van der Waals surface area contributed by atoms with E-state index in [2.05, 4.69) is 0 Å². The van der Waals surface area contributed by atoms with Crippen LogP contribution >= 0.6 is 0 Å². The van der Waals surface area contributed by atoms with Crippen molar-refractivity contribution in [1.82, 2.24) is 0 Å². The summed E-state index contributed by atoms with van der Waals surface area (Å²) >= 11 is 0. The third-order valence-electron chi connectivity index (χ3n) is 0. The SMILES string of the molecule is O.[CH3-].[CH3-].[Y].[Y].[Y]. The number of rotatable bonds is 0. The van der Waals surface area contributed by atoms with Crippen molar-refractivity contribution in [3.05, 3.63) is 14.9 Å². The van der Waals surface area contributed by atoms with Crippen LogP contribution in [-0.4, -0.2) is 5.48 Å². The predicted molar refractivity (Wildman–Crippen MR) is 16.4 cm³/mol.